The van der Waals surface area contributed by atoms with E-state index in [4.69, 9.17) is 10.5 Å². The first-order chi connectivity index (χ1) is 8.17. The van der Waals surface area contributed by atoms with Crippen LogP contribution in [0, 0.1) is 0 Å². The van der Waals surface area contributed by atoms with Crippen molar-refractivity contribution in [3.05, 3.63) is 34.6 Å². The molecule has 0 radical (unpaired) electrons. The van der Waals surface area contributed by atoms with Crippen LogP contribution in [0.5, 0.6) is 5.75 Å². The van der Waals surface area contributed by atoms with E-state index in [0.29, 0.717) is 6.54 Å². The second-order valence-corrected chi connectivity index (χ2v) is 4.42. The minimum atomic E-state index is 0.421. The Kier molecular flexibility index (Phi) is 3.49. The van der Waals surface area contributed by atoms with Crippen molar-refractivity contribution in [3.8, 4) is 17.1 Å². The number of hydrogen-bond donors (Lipinski definition) is 1. The van der Waals surface area contributed by atoms with Crippen LogP contribution in [0.25, 0.3) is 11.4 Å². The number of aromatic nitrogens is 2. The fourth-order valence-electron chi connectivity index (χ4n) is 1.66. The summed E-state index contributed by atoms with van der Waals surface area (Å²) in [6.45, 7) is 0.421. The minimum absolute atomic E-state index is 0.421. The van der Waals surface area contributed by atoms with E-state index in [9.17, 15) is 0 Å². The summed E-state index contributed by atoms with van der Waals surface area (Å²) < 4.78 is 8.03. The maximum Gasteiger partial charge on any atom is 0.140 e. The van der Waals surface area contributed by atoms with Gasteiger partial charge in [0, 0.05) is 19.2 Å². The molecule has 0 amide bonds. The molecule has 5 heteroatoms. The molecule has 0 bridgehead atoms. The summed E-state index contributed by atoms with van der Waals surface area (Å²) in [5.41, 5.74) is 7.53. The molecule has 2 rings (SSSR count). The van der Waals surface area contributed by atoms with E-state index in [2.05, 4.69) is 20.9 Å². The number of benzene rings is 1. The van der Waals surface area contributed by atoms with Crippen molar-refractivity contribution in [1.29, 1.82) is 0 Å². The first kappa shape index (κ1) is 12.1. The molecule has 0 unspecified atom stereocenters. The van der Waals surface area contributed by atoms with Gasteiger partial charge in [0.15, 0.2) is 0 Å². The van der Waals surface area contributed by atoms with Crippen molar-refractivity contribution >= 4 is 15.9 Å². The molecule has 1 aromatic heterocycles. The molecule has 0 fully saturated rings. The zero-order valence-electron chi connectivity index (χ0n) is 9.77. The lowest BCUT2D eigenvalue weighted by Gasteiger charge is -2.04. The smallest absolute Gasteiger partial charge is 0.140 e. The van der Waals surface area contributed by atoms with Crippen molar-refractivity contribution in [2.75, 3.05) is 7.11 Å². The van der Waals surface area contributed by atoms with Crippen molar-refractivity contribution in [1.82, 2.24) is 9.55 Å². The van der Waals surface area contributed by atoms with Crippen molar-refractivity contribution in [3.63, 3.8) is 0 Å². The Morgan fingerprint density at radius 2 is 2.00 bits per heavy atom. The maximum absolute atomic E-state index is 5.63. The van der Waals surface area contributed by atoms with Gasteiger partial charge >= 0.3 is 0 Å². The molecule has 4 nitrogen and oxygen atoms in total. The lowest BCUT2D eigenvalue weighted by atomic mass is 10.2. The van der Waals surface area contributed by atoms with Gasteiger partial charge in [-0.25, -0.2) is 4.98 Å². The Morgan fingerprint density at radius 1 is 1.35 bits per heavy atom. The minimum Gasteiger partial charge on any atom is -0.497 e. The first-order valence-electron chi connectivity index (χ1n) is 5.23. The molecule has 2 N–H and O–H groups in total. The van der Waals surface area contributed by atoms with Crippen LogP contribution in [0.15, 0.2) is 28.9 Å². The molecule has 0 atom stereocenters. The Bertz CT molecular complexity index is 519. The summed E-state index contributed by atoms with van der Waals surface area (Å²) >= 11 is 3.48. The van der Waals surface area contributed by atoms with Crippen LogP contribution in [0.1, 0.15) is 5.69 Å². The molecule has 0 saturated carbocycles. The summed E-state index contributed by atoms with van der Waals surface area (Å²) in [5, 5.41) is 0. The standard InChI is InChI=1S/C12H14BrN3O/c1-16-11(13)10(7-14)15-12(16)8-3-5-9(17-2)6-4-8/h3-6H,7,14H2,1-2H3. The van der Waals surface area contributed by atoms with Crippen LogP contribution in [0.3, 0.4) is 0 Å². The highest BCUT2D eigenvalue weighted by Crippen LogP contribution is 2.26. The van der Waals surface area contributed by atoms with Crippen LogP contribution in [-0.2, 0) is 13.6 Å². The third kappa shape index (κ3) is 2.21. The van der Waals surface area contributed by atoms with Gasteiger partial charge in [-0.2, -0.15) is 0 Å². The van der Waals surface area contributed by atoms with Gasteiger partial charge in [-0.05, 0) is 40.2 Å². The lowest BCUT2D eigenvalue weighted by molar-refractivity contribution is 0.415. The van der Waals surface area contributed by atoms with E-state index in [1.807, 2.05) is 35.9 Å². The van der Waals surface area contributed by atoms with Crippen LogP contribution in [0.2, 0.25) is 0 Å². The third-order valence-corrected chi connectivity index (χ3v) is 3.62. The molecule has 1 heterocycles. The fraction of sp³-hybridized carbons (Fsp3) is 0.250. The Morgan fingerprint density at radius 3 is 2.47 bits per heavy atom. The number of imidazole rings is 1. The molecule has 2 aromatic rings. The van der Waals surface area contributed by atoms with Gasteiger partial charge in [0.25, 0.3) is 0 Å². The zero-order chi connectivity index (χ0) is 12.4. The average Bonchev–Trinajstić information content (AvgIpc) is 2.66. The summed E-state index contributed by atoms with van der Waals surface area (Å²) in [6, 6.07) is 7.79. The van der Waals surface area contributed by atoms with Gasteiger partial charge in [0.05, 0.1) is 12.8 Å². The van der Waals surface area contributed by atoms with Gasteiger partial charge in [-0.1, -0.05) is 0 Å². The fourth-order valence-corrected chi connectivity index (χ4v) is 2.08. The number of hydrogen-bond acceptors (Lipinski definition) is 3. The van der Waals surface area contributed by atoms with Crippen molar-refractivity contribution in [2.45, 2.75) is 6.54 Å². The summed E-state index contributed by atoms with van der Waals surface area (Å²) in [5.74, 6) is 1.72. The Hall–Kier alpha value is -1.33. The van der Waals surface area contributed by atoms with Crippen LogP contribution in [0.4, 0.5) is 0 Å². The number of methoxy groups -OCH3 is 1. The predicted molar refractivity (Wildman–Crippen MR) is 70.8 cm³/mol. The number of nitrogens with zero attached hydrogens (tertiary/aromatic N) is 2. The number of halogens is 1. The van der Waals surface area contributed by atoms with Crippen molar-refractivity contribution in [2.24, 2.45) is 12.8 Å². The van der Waals surface area contributed by atoms with Gasteiger partial charge in [-0.15, -0.1) is 0 Å². The molecule has 0 spiro atoms. The summed E-state index contributed by atoms with van der Waals surface area (Å²) in [7, 11) is 3.61. The highest BCUT2D eigenvalue weighted by atomic mass is 79.9. The molecular formula is C12H14BrN3O. The third-order valence-electron chi connectivity index (χ3n) is 2.63. The highest BCUT2D eigenvalue weighted by Gasteiger charge is 2.12. The second kappa shape index (κ2) is 4.89. The highest BCUT2D eigenvalue weighted by molar-refractivity contribution is 9.10. The molecule has 90 valence electrons. The monoisotopic (exact) mass is 295 g/mol. The van der Waals surface area contributed by atoms with Crippen LogP contribution in [-0.4, -0.2) is 16.7 Å². The number of nitrogens with two attached hydrogens (primary N) is 1. The van der Waals surface area contributed by atoms with Crippen LogP contribution >= 0.6 is 15.9 Å². The summed E-state index contributed by atoms with van der Waals surface area (Å²) in [6.07, 6.45) is 0. The molecule has 1 aromatic carbocycles. The van der Waals surface area contributed by atoms with E-state index in [1.165, 1.54) is 0 Å². The maximum atomic E-state index is 5.63. The van der Waals surface area contributed by atoms with E-state index < -0.39 is 0 Å². The topological polar surface area (TPSA) is 53.1 Å². The van der Waals surface area contributed by atoms with E-state index in [1.54, 1.807) is 7.11 Å². The lowest BCUT2D eigenvalue weighted by Crippen LogP contribution is -1.97. The van der Waals surface area contributed by atoms with Crippen molar-refractivity contribution < 1.29 is 4.74 Å². The van der Waals surface area contributed by atoms with Gasteiger partial charge in [0.2, 0.25) is 0 Å². The zero-order valence-corrected chi connectivity index (χ0v) is 11.4. The van der Waals surface area contributed by atoms with Gasteiger partial charge in [0.1, 0.15) is 16.2 Å². The Labute approximate surface area is 109 Å². The largest absolute Gasteiger partial charge is 0.497 e. The predicted octanol–water partition coefficient (Wildman–Crippen LogP) is 2.32. The molecule has 0 aliphatic rings. The van der Waals surface area contributed by atoms with E-state index in [-0.39, 0.29) is 0 Å². The molecule has 0 aliphatic heterocycles. The van der Waals surface area contributed by atoms with E-state index >= 15 is 0 Å². The second-order valence-electron chi connectivity index (χ2n) is 3.66. The molecule has 0 saturated heterocycles. The number of ether oxygens (including phenoxy) is 1. The molecule has 0 aliphatic carbocycles. The average molecular weight is 296 g/mol. The van der Waals surface area contributed by atoms with Crippen LogP contribution < -0.4 is 10.5 Å². The molecular weight excluding hydrogens is 282 g/mol. The normalized spacial score (nSPS) is 10.6. The first-order valence-corrected chi connectivity index (χ1v) is 6.02. The van der Waals surface area contributed by atoms with Gasteiger partial charge in [-0.3, -0.25) is 0 Å². The van der Waals surface area contributed by atoms with Gasteiger partial charge < -0.3 is 15.0 Å². The Balaban J connectivity index is 2.45. The molecule has 17 heavy (non-hydrogen) atoms. The van der Waals surface area contributed by atoms with E-state index in [0.717, 1.165) is 27.4 Å². The quantitative estimate of drug-likeness (QED) is 0.945. The number of rotatable bonds is 3. The summed E-state index contributed by atoms with van der Waals surface area (Å²) in [4.78, 5) is 4.50. The SMILES string of the molecule is COc1ccc(-c2nc(CN)c(Br)n2C)cc1.